The molecule has 0 spiro atoms. The van der Waals surface area contributed by atoms with Gasteiger partial charge in [-0.1, -0.05) is 0 Å². The van der Waals surface area contributed by atoms with Crippen molar-refractivity contribution < 1.29 is 14.3 Å². The number of aryl methyl sites for hydroxylation is 1. The smallest absolute Gasteiger partial charge is 0.265 e. The molecule has 1 aliphatic heterocycles. The van der Waals surface area contributed by atoms with Crippen LogP contribution in [0.2, 0.25) is 0 Å². The highest BCUT2D eigenvalue weighted by atomic mass is 32.1. The fourth-order valence-electron chi connectivity index (χ4n) is 2.38. The highest BCUT2D eigenvalue weighted by Gasteiger charge is 2.32. The fraction of sp³-hybridized carbons (Fsp3) is 0.267. The number of hydrogen-bond donors (Lipinski definition) is 1. The van der Waals surface area contributed by atoms with Gasteiger partial charge in [0, 0.05) is 10.9 Å². The molecule has 114 valence electrons. The van der Waals surface area contributed by atoms with E-state index < -0.39 is 11.9 Å². The summed E-state index contributed by atoms with van der Waals surface area (Å²) in [7, 11) is 0. The molecule has 1 atom stereocenters. The van der Waals surface area contributed by atoms with E-state index in [1.807, 2.05) is 18.4 Å². The molecule has 3 rings (SSSR count). The number of aromatic nitrogens is 1. The van der Waals surface area contributed by atoms with E-state index >= 15 is 0 Å². The van der Waals surface area contributed by atoms with Crippen LogP contribution in [0.5, 0.6) is 5.75 Å². The molecule has 6 nitrogen and oxygen atoms in total. The van der Waals surface area contributed by atoms with Crippen molar-refractivity contribution in [3.63, 3.8) is 0 Å². The minimum absolute atomic E-state index is 0.0974. The number of nitrogens with two attached hydrogens (primary N) is 1. The van der Waals surface area contributed by atoms with Gasteiger partial charge < -0.3 is 10.5 Å². The molecule has 0 saturated heterocycles. The lowest BCUT2D eigenvalue weighted by Gasteiger charge is -2.32. The first-order chi connectivity index (χ1) is 10.5. The normalized spacial score (nSPS) is 15.2. The fourth-order valence-corrected chi connectivity index (χ4v) is 3.00. The predicted octanol–water partition coefficient (Wildman–Crippen LogP) is 1.72. The average Bonchev–Trinajstić information content (AvgIpc) is 2.92. The number of ether oxygens (including phenoxy) is 1. The van der Waals surface area contributed by atoms with Gasteiger partial charge in [-0.05, 0) is 32.0 Å². The van der Waals surface area contributed by atoms with Crippen LogP contribution in [0.4, 0.5) is 5.69 Å². The van der Waals surface area contributed by atoms with Crippen molar-refractivity contribution in [3.05, 3.63) is 28.6 Å². The number of carbonyl (C=O) groups is 2. The number of thiazole rings is 1. The summed E-state index contributed by atoms with van der Waals surface area (Å²) in [6.07, 6.45) is 0. The summed E-state index contributed by atoms with van der Waals surface area (Å²) in [4.78, 5) is 29.5. The molecule has 1 aliphatic rings. The zero-order valence-corrected chi connectivity index (χ0v) is 13.0. The SMILES string of the molecule is Cc1nc(-c2ccc3c(c2)N(C(C)C(N)=O)C(=O)CO3)cs1. The molecule has 0 fully saturated rings. The van der Waals surface area contributed by atoms with Gasteiger partial charge >= 0.3 is 0 Å². The number of primary amides is 1. The van der Waals surface area contributed by atoms with Gasteiger partial charge in [0.15, 0.2) is 6.61 Å². The van der Waals surface area contributed by atoms with Gasteiger partial charge in [0.2, 0.25) is 5.91 Å². The van der Waals surface area contributed by atoms with Crippen molar-refractivity contribution in [3.8, 4) is 17.0 Å². The van der Waals surface area contributed by atoms with E-state index in [0.717, 1.165) is 16.3 Å². The molecule has 2 amide bonds. The molecular weight excluding hydrogens is 302 g/mol. The van der Waals surface area contributed by atoms with Crippen molar-refractivity contribution in [1.29, 1.82) is 0 Å². The lowest BCUT2D eigenvalue weighted by molar-refractivity contribution is -0.126. The molecule has 7 heteroatoms. The van der Waals surface area contributed by atoms with Gasteiger partial charge in [0.25, 0.3) is 5.91 Å². The lowest BCUT2D eigenvalue weighted by atomic mass is 10.1. The van der Waals surface area contributed by atoms with Gasteiger partial charge in [-0.3, -0.25) is 14.5 Å². The second kappa shape index (κ2) is 5.42. The Balaban J connectivity index is 2.08. The molecule has 2 N–H and O–H groups in total. The zero-order chi connectivity index (χ0) is 15.9. The van der Waals surface area contributed by atoms with E-state index in [-0.39, 0.29) is 12.5 Å². The van der Waals surface area contributed by atoms with E-state index in [2.05, 4.69) is 4.98 Å². The van der Waals surface area contributed by atoms with Crippen molar-refractivity contribution in [2.24, 2.45) is 5.73 Å². The van der Waals surface area contributed by atoms with Crippen LogP contribution in [0.3, 0.4) is 0 Å². The zero-order valence-electron chi connectivity index (χ0n) is 12.2. The van der Waals surface area contributed by atoms with Gasteiger partial charge in [0.05, 0.1) is 16.4 Å². The molecule has 0 radical (unpaired) electrons. The Hall–Kier alpha value is -2.41. The molecule has 1 unspecified atom stereocenters. The van der Waals surface area contributed by atoms with E-state index in [0.29, 0.717) is 11.4 Å². The minimum atomic E-state index is -0.734. The van der Waals surface area contributed by atoms with Crippen LogP contribution >= 0.6 is 11.3 Å². The molecular formula is C15H15N3O3S. The molecule has 2 aromatic rings. The first kappa shape index (κ1) is 14.5. The molecule has 2 heterocycles. The third-order valence-electron chi connectivity index (χ3n) is 3.55. The summed E-state index contributed by atoms with van der Waals surface area (Å²) in [6, 6.07) is 4.74. The Morgan fingerprint density at radius 2 is 2.27 bits per heavy atom. The van der Waals surface area contributed by atoms with E-state index in [4.69, 9.17) is 10.5 Å². The van der Waals surface area contributed by atoms with Crippen LogP contribution in [0.1, 0.15) is 11.9 Å². The maximum atomic E-state index is 12.1. The van der Waals surface area contributed by atoms with Crippen LogP contribution in [0.25, 0.3) is 11.3 Å². The molecule has 1 aromatic carbocycles. The summed E-state index contributed by atoms with van der Waals surface area (Å²) in [5.74, 6) is -0.287. The van der Waals surface area contributed by atoms with Gasteiger partial charge in [-0.25, -0.2) is 4.98 Å². The Morgan fingerprint density at radius 3 is 2.91 bits per heavy atom. The van der Waals surface area contributed by atoms with Crippen molar-refractivity contribution in [2.45, 2.75) is 19.9 Å². The number of nitrogens with zero attached hydrogens (tertiary/aromatic N) is 2. The number of hydrogen-bond acceptors (Lipinski definition) is 5. The van der Waals surface area contributed by atoms with Crippen LogP contribution in [0, 0.1) is 6.92 Å². The highest BCUT2D eigenvalue weighted by molar-refractivity contribution is 7.09. The topological polar surface area (TPSA) is 85.5 Å². The second-order valence-electron chi connectivity index (χ2n) is 5.07. The van der Waals surface area contributed by atoms with Crippen LogP contribution in [-0.2, 0) is 9.59 Å². The quantitative estimate of drug-likeness (QED) is 0.934. The minimum Gasteiger partial charge on any atom is -0.482 e. The van der Waals surface area contributed by atoms with Crippen LogP contribution in [0.15, 0.2) is 23.6 Å². The summed E-state index contributed by atoms with van der Waals surface area (Å²) in [5.41, 5.74) is 7.59. The first-order valence-electron chi connectivity index (χ1n) is 6.78. The third kappa shape index (κ3) is 2.43. The molecule has 0 aliphatic carbocycles. The summed E-state index contributed by atoms with van der Waals surface area (Å²) >= 11 is 1.55. The van der Waals surface area contributed by atoms with Gasteiger partial charge in [-0.2, -0.15) is 0 Å². The number of carbonyl (C=O) groups excluding carboxylic acids is 2. The highest BCUT2D eigenvalue weighted by Crippen LogP contribution is 2.37. The summed E-state index contributed by atoms with van der Waals surface area (Å²) < 4.78 is 5.43. The number of fused-ring (bicyclic) bond motifs is 1. The Kier molecular flexibility index (Phi) is 3.58. The van der Waals surface area contributed by atoms with Gasteiger partial charge in [-0.15, -0.1) is 11.3 Å². The molecule has 1 aromatic heterocycles. The monoisotopic (exact) mass is 317 g/mol. The molecule has 22 heavy (non-hydrogen) atoms. The van der Waals surface area contributed by atoms with Crippen LogP contribution < -0.4 is 15.4 Å². The Labute approximate surface area is 131 Å². The number of rotatable bonds is 3. The standard InChI is InChI=1S/C15H15N3O3S/c1-8(15(16)20)18-12-5-10(11-7-22-9(2)17-11)3-4-13(12)21-6-14(18)19/h3-5,7-8H,6H2,1-2H3,(H2,16,20). The van der Waals surface area contributed by atoms with Crippen molar-refractivity contribution >= 4 is 28.8 Å². The maximum Gasteiger partial charge on any atom is 0.265 e. The Bertz CT molecular complexity index is 756. The third-order valence-corrected chi connectivity index (χ3v) is 4.33. The number of amides is 2. The van der Waals surface area contributed by atoms with E-state index in [1.165, 1.54) is 4.90 Å². The predicted molar refractivity (Wildman–Crippen MR) is 83.9 cm³/mol. The summed E-state index contributed by atoms with van der Waals surface area (Å²) in [6.45, 7) is 3.44. The first-order valence-corrected chi connectivity index (χ1v) is 7.66. The molecule has 0 saturated carbocycles. The average molecular weight is 317 g/mol. The van der Waals surface area contributed by atoms with Gasteiger partial charge in [0.1, 0.15) is 11.8 Å². The lowest BCUT2D eigenvalue weighted by Crippen LogP contribution is -2.50. The largest absolute Gasteiger partial charge is 0.482 e. The second-order valence-corrected chi connectivity index (χ2v) is 6.13. The maximum absolute atomic E-state index is 12.1. The van der Waals surface area contributed by atoms with Crippen molar-refractivity contribution in [1.82, 2.24) is 4.98 Å². The van der Waals surface area contributed by atoms with E-state index in [1.54, 1.807) is 30.4 Å². The summed E-state index contributed by atoms with van der Waals surface area (Å²) in [5, 5.41) is 2.91. The molecule has 0 bridgehead atoms. The Morgan fingerprint density at radius 1 is 1.50 bits per heavy atom. The van der Waals surface area contributed by atoms with E-state index in [9.17, 15) is 9.59 Å². The number of benzene rings is 1. The van der Waals surface area contributed by atoms with Crippen LogP contribution in [-0.4, -0.2) is 29.4 Å². The van der Waals surface area contributed by atoms with Crippen molar-refractivity contribution in [2.75, 3.05) is 11.5 Å². The number of anilines is 1.